The zero-order valence-corrected chi connectivity index (χ0v) is 9.60. The molecule has 90 valence electrons. The van der Waals surface area contributed by atoms with Crippen molar-refractivity contribution in [3.05, 3.63) is 29.7 Å². The number of hydrogen-bond donors (Lipinski definition) is 1. The van der Waals surface area contributed by atoms with Gasteiger partial charge < -0.3 is 5.32 Å². The van der Waals surface area contributed by atoms with E-state index in [9.17, 15) is 4.39 Å². The minimum Gasteiger partial charge on any atom is -0.367 e. The van der Waals surface area contributed by atoms with Crippen molar-refractivity contribution in [1.29, 1.82) is 0 Å². The third-order valence-corrected chi connectivity index (χ3v) is 2.23. The fourth-order valence-corrected chi connectivity index (χ4v) is 1.40. The second kappa shape index (κ2) is 5.53. The highest BCUT2D eigenvalue weighted by Gasteiger charge is 2.04. The van der Waals surface area contributed by atoms with Crippen LogP contribution >= 0.6 is 11.6 Å². The van der Waals surface area contributed by atoms with Gasteiger partial charge in [0.15, 0.2) is 11.6 Å². The van der Waals surface area contributed by atoms with Crippen LogP contribution in [0.2, 0.25) is 5.28 Å². The van der Waals surface area contributed by atoms with Crippen LogP contribution in [0, 0.1) is 5.82 Å². The molecule has 0 radical (unpaired) electrons. The van der Waals surface area contributed by atoms with Crippen LogP contribution in [0.1, 0.15) is 6.42 Å². The summed E-state index contributed by atoms with van der Waals surface area (Å²) in [6, 6.07) is 0. The van der Waals surface area contributed by atoms with Crippen LogP contribution in [-0.4, -0.2) is 31.5 Å². The van der Waals surface area contributed by atoms with Crippen molar-refractivity contribution >= 4 is 17.4 Å². The maximum Gasteiger partial charge on any atom is 0.224 e. The molecule has 0 saturated carbocycles. The number of hydrogen-bond acceptors (Lipinski definition) is 5. The van der Waals surface area contributed by atoms with Gasteiger partial charge in [-0.15, -0.1) is 5.10 Å². The van der Waals surface area contributed by atoms with E-state index in [0.717, 1.165) is 12.6 Å². The normalized spacial score (nSPS) is 10.5. The fourth-order valence-electron chi connectivity index (χ4n) is 1.27. The van der Waals surface area contributed by atoms with E-state index in [1.54, 1.807) is 17.1 Å². The molecule has 1 N–H and O–H groups in total. The summed E-state index contributed by atoms with van der Waals surface area (Å²) in [5.41, 5.74) is 0. The highest BCUT2D eigenvalue weighted by Crippen LogP contribution is 2.11. The summed E-state index contributed by atoms with van der Waals surface area (Å²) in [4.78, 5) is 7.27. The van der Waals surface area contributed by atoms with Crippen molar-refractivity contribution in [2.45, 2.75) is 13.0 Å². The average molecular weight is 257 g/mol. The predicted molar refractivity (Wildman–Crippen MR) is 60.1 cm³/mol. The molecule has 0 fully saturated rings. The lowest BCUT2D eigenvalue weighted by molar-refractivity contribution is 0.567. The Hall–Kier alpha value is -1.76. The van der Waals surface area contributed by atoms with E-state index in [1.165, 1.54) is 0 Å². The summed E-state index contributed by atoms with van der Waals surface area (Å²) >= 11 is 5.56. The topological polar surface area (TPSA) is 68.5 Å². The highest BCUT2D eigenvalue weighted by atomic mass is 35.5. The molecular weight excluding hydrogens is 247 g/mol. The van der Waals surface area contributed by atoms with Gasteiger partial charge in [0, 0.05) is 19.3 Å². The Kier molecular flexibility index (Phi) is 3.81. The van der Waals surface area contributed by atoms with Crippen LogP contribution < -0.4 is 5.32 Å². The lowest BCUT2D eigenvalue weighted by atomic mass is 10.4. The first-order valence-corrected chi connectivity index (χ1v) is 5.39. The van der Waals surface area contributed by atoms with Crippen LogP contribution in [0.15, 0.2) is 18.6 Å². The molecule has 0 spiro atoms. The zero-order valence-electron chi connectivity index (χ0n) is 8.85. The second-order valence-electron chi connectivity index (χ2n) is 3.28. The van der Waals surface area contributed by atoms with E-state index >= 15 is 0 Å². The van der Waals surface area contributed by atoms with E-state index in [0.29, 0.717) is 13.1 Å². The summed E-state index contributed by atoms with van der Waals surface area (Å²) in [6.45, 7) is 1.26. The zero-order chi connectivity index (χ0) is 12.1. The van der Waals surface area contributed by atoms with Gasteiger partial charge in [0.05, 0.1) is 12.4 Å². The SMILES string of the molecule is Fc1cnc(Cl)nc1NCCCn1ccnn1. The van der Waals surface area contributed by atoms with Crippen LogP contribution in [0.3, 0.4) is 0 Å². The van der Waals surface area contributed by atoms with E-state index < -0.39 is 5.82 Å². The molecule has 6 nitrogen and oxygen atoms in total. The van der Waals surface area contributed by atoms with Gasteiger partial charge in [-0.3, -0.25) is 4.68 Å². The molecule has 0 atom stereocenters. The molecule has 17 heavy (non-hydrogen) atoms. The Balaban J connectivity index is 1.80. The van der Waals surface area contributed by atoms with Gasteiger partial charge in [-0.2, -0.15) is 4.98 Å². The smallest absolute Gasteiger partial charge is 0.224 e. The first kappa shape index (κ1) is 11.7. The van der Waals surface area contributed by atoms with E-state index in [1.807, 2.05) is 0 Å². The molecule has 2 aromatic rings. The molecule has 0 aliphatic heterocycles. The number of aryl methyl sites for hydroxylation is 1. The molecule has 8 heteroatoms. The monoisotopic (exact) mass is 256 g/mol. The molecule has 2 rings (SSSR count). The molecule has 0 aliphatic carbocycles. The Morgan fingerprint density at radius 2 is 2.35 bits per heavy atom. The van der Waals surface area contributed by atoms with Crippen molar-refractivity contribution in [3.8, 4) is 0 Å². The third kappa shape index (κ3) is 3.35. The maximum absolute atomic E-state index is 13.2. The quantitative estimate of drug-likeness (QED) is 0.646. The van der Waals surface area contributed by atoms with Gasteiger partial charge >= 0.3 is 0 Å². The number of anilines is 1. The number of rotatable bonds is 5. The highest BCUT2D eigenvalue weighted by molar-refractivity contribution is 6.28. The number of aromatic nitrogens is 5. The van der Waals surface area contributed by atoms with Gasteiger partial charge in [-0.1, -0.05) is 5.21 Å². The Labute approximate surface area is 102 Å². The first-order valence-electron chi connectivity index (χ1n) is 5.02. The Morgan fingerprint density at radius 1 is 1.47 bits per heavy atom. The summed E-state index contributed by atoms with van der Waals surface area (Å²) in [7, 11) is 0. The van der Waals surface area contributed by atoms with Crippen LogP contribution in [0.5, 0.6) is 0 Å². The largest absolute Gasteiger partial charge is 0.367 e. The molecule has 0 bridgehead atoms. The van der Waals surface area contributed by atoms with Gasteiger partial charge in [-0.05, 0) is 18.0 Å². The van der Waals surface area contributed by atoms with Crippen molar-refractivity contribution < 1.29 is 4.39 Å². The Bertz CT molecular complexity index is 474. The lowest BCUT2D eigenvalue weighted by Crippen LogP contribution is -2.09. The minimum absolute atomic E-state index is 0.0187. The molecule has 0 aliphatic rings. The fraction of sp³-hybridized carbons (Fsp3) is 0.333. The third-order valence-electron chi connectivity index (χ3n) is 2.04. The van der Waals surface area contributed by atoms with Crippen LogP contribution in [0.25, 0.3) is 0 Å². The van der Waals surface area contributed by atoms with Gasteiger partial charge in [-0.25, -0.2) is 9.37 Å². The van der Waals surface area contributed by atoms with Crippen LogP contribution in [0.4, 0.5) is 10.2 Å². The van der Waals surface area contributed by atoms with E-state index in [4.69, 9.17) is 11.6 Å². The average Bonchev–Trinajstić information content (AvgIpc) is 2.82. The van der Waals surface area contributed by atoms with Gasteiger partial charge in [0.1, 0.15) is 0 Å². The molecule has 0 aromatic carbocycles. The summed E-state index contributed by atoms with van der Waals surface area (Å²) in [6.07, 6.45) is 5.18. The maximum atomic E-state index is 13.2. The van der Waals surface area contributed by atoms with Crippen molar-refractivity contribution in [2.75, 3.05) is 11.9 Å². The van der Waals surface area contributed by atoms with Crippen molar-refractivity contribution in [3.63, 3.8) is 0 Å². The van der Waals surface area contributed by atoms with Gasteiger partial charge in [0.2, 0.25) is 5.28 Å². The van der Waals surface area contributed by atoms with Crippen molar-refractivity contribution in [2.24, 2.45) is 0 Å². The van der Waals surface area contributed by atoms with Gasteiger partial charge in [0.25, 0.3) is 0 Å². The van der Waals surface area contributed by atoms with Crippen molar-refractivity contribution in [1.82, 2.24) is 25.0 Å². The van der Waals surface area contributed by atoms with Crippen LogP contribution in [-0.2, 0) is 6.54 Å². The Morgan fingerprint density at radius 3 is 3.12 bits per heavy atom. The summed E-state index contributed by atoms with van der Waals surface area (Å²) in [5.74, 6) is -0.404. The molecule has 2 heterocycles. The predicted octanol–water partition coefficient (Wildman–Crippen LogP) is 1.36. The number of nitrogens with one attached hydrogen (secondary N) is 1. The van der Waals surface area contributed by atoms with E-state index in [2.05, 4.69) is 25.6 Å². The molecule has 0 amide bonds. The lowest BCUT2D eigenvalue weighted by Gasteiger charge is -2.06. The minimum atomic E-state index is -0.518. The molecule has 0 saturated heterocycles. The second-order valence-corrected chi connectivity index (χ2v) is 3.62. The summed E-state index contributed by atoms with van der Waals surface area (Å²) < 4.78 is 14.9. The number of halogens is 2. The standard InChI is InChI=1S/C9H10ClFN6/c10-9-13-6-7(11)8(15-9)12-2-1-4-17-5-3-14-16-17/h3,5-6H,1-2,4H2,(H,12,13,15). The molecule has 0 unspecified atom stereocenters. The first-order chi connectivity index (χ1) is 8.25. The van der Waals surface area contributed by atoms with E-state index in [-0.39, 0.29) is 11.1 Å². The molecular formula is C9H10ClFN6. The number of nitrogens with zero attached hydrogens (tertiary/aromatic N) is 5. The summed E-state index contributed by atoms with van der Waals surface area (Å²) in [5, 5.41) is 10.4. The molecule has 2 aromatic heterocycles.